The van der Waals surface area contributed by atoms with E-state index in [-0.39, 0.29) is 17.4 Å². The molecule has 1 amide bonds. The van der Waals surface area contributed by atoms with Gasteiger partial charge in [0.2, 0.25) is 5.91 Å². The monoisotopic (exact) mass is 418 g/mol. The Morgan fingerprint density at radius 2 is 1.77 bits per heavy atom. The molecule has 1 heterocycles. The fourth-order valence-electron chi connectivity index (χ4n) is 4.26. The maximum atomic E-state index is 13.3. The molecule has 4 rings (SSSR count). The first-order valence-corrected chi connectivity index (χ1v) is 10.2. The summed E-state index contributed by atoms with van der Waals surface area (Å²) >= 11 is 0. The van der Waals surface area contributed by atoms with E-state index in [2.05, 4.69) is 4.90 Å². The summed E-state index contributed by atoms with van der Waals surface area (Å²) in [4.78, 5) is 16.8. The second kappa shape index (κ2) is 8.30. The molecular weight excluding hydrogens is 393 g/mol. The van der Waals surface area contributed by atoms with Gasteiger partial charge in [-0.25, -0.2) is 0 Å². The van der Waals surface area contributed by atoms with Crippen LogP contribution in [0.25, 0.3) is 0 Å². The normalized spacial score (nSPS) is 21.4. The number of carbonyl (C=O) groups excluding carboxylic acids is 1. The van der Waals surface area contributed by atoms with Crippen LogP contribution in [0.4, 0.5) is 18.9 Å². The van der Waals surface area contributed by atoms with Crippen molar-refractivity contribution in [2.24, 2.45) is 5.92 Å². The Labute approximate surface area is 174 Å². The number of hydrogen-bond acceptors (Lipinski definition) is 3. The third-order valence-corrected chi connectivity index (χ3v) is 5.90. The van der Waals surface area contributed by atoms with Crippen molar-refractivity contribution in [3.63, 3.8) is 0 Å². The standard InChI is InChI=1S/C23H25F3N2O2/c1-27(15-16-6-2-5-9-21(16)28-10-12-30-13-11-28)22(29)19-14-18(19)17-7-3-4-8-20(17)23(24,25)26/h2-9,18-19H,10-15H2,1H3. The molecule has 2 aromatic rings. The van der Waals surface area contributed by atoms with Gasteiger partial charge in [0.15, 0.2) is 0 Å². The molecular formula is C23H25F3N2O2. The molecule has 1 saturated carbocycles. The van der Waals surface area contributed by atoms with E-state index < -0.39 is 17.7 Å². The van der Waals surface area contributed by atoms with Crippen LogP contribution >= 0.6 is 0 Å². The van der Waals surface area contributed by atoms with Gasteiger partial charge in [0, 0.05) is 38.3 Å². The summed E-state index contributed by atoms with van der Waals surface area (Å²) < 4.78 is 45.4. The summed E-state index contributed by atoms with van der Waals surface area (Å²) in [7, 11) is 1.73. The van der Waals surface area contributed by atoms with Crippen LogP contribution in [0, 0.1) is 5.92 Å². The van der Waals surface area contributed by atoms with E-state index >= 15 is 0 Å². The minimum absolute atomic E-state index is 0.103. The summed E-state index contributed by atoms with van der Waals surface area (Å²) in [5.41, 5.74) is 1.70. The van der Waals surface area contributed by atoms with Crippen LogP contribution in [0.1, 0.15) is 29.0 Å². The number of amides is 1. The van der Waals surface area contributed by atoms with Crippen molar-refractivity contribution in [2.45, 2.75) is 25.1 Å². The number of nitrogens with zero attached hydrogens (tertiary/aromatic N) is 2. The smallest absolute Gasteiger partial charge is 0.378 e. The molecule has 4 nitrogen and oxygen atoms in total. The van der Waals surface area contributed by atoms with Gasteiger partial charge in [-0.2, -0.15) is 13.2 Å². The van der Waals surface area contributed by atoms with Crippen molar-refractivity contribution in [1.82, 2.24) is 4.90 Å². The molecule has 0 aromatic heterocycles. The molecule has 0 N–H and O–H groups in total. The van der Waals surface area contributed by atoms with Crippen molar-refractivity contribution in [3.8, 4) is 0 Å². The molecule has 1 saturated heterocycles. The number of halogens is 3. The Kier molecular flexibility index (Phi) is 5.73. The topological polar surface area (TPSA) is 32.8 Å². The zero-order valence-electron chi connectivity index (χ0n) is 16.9. The molecule has 7 heteroatoms. The molecule has 0 bridgehead atoms. The van der Waals surface area contributed by atoms with Gasteiger partial charge in [-0.05, 0) is 35.6 Å². The first-order chi connectivity index (χ1) is 14.4. The van der Waals surface area contributed by atoms with Gasteiger partial charge in [-0.15, -0.1) is 0 Å². The lowest BCUT2D eigenvalue weighted by Crippen LogP contribution is -2.37. The van der Waals surface area contributed by atoms with E-state index in [1.807, 2.05) is 24.3 Å². The molecule has 2 aliphatic rings. The number of para-hydroxylation sites is 1. The maximum absolute atomic E-state index is 13.3. The predicted octanol–water partition coefficient (Wildman–Crippen LogP) is 4.30. The lowest BCUT2D eigenvalue weighted by atomic mass is 10.0. The van der Waals surface area contributed by atoms with E-state index in [0.29, 0.717) is 26.2 Å². The number of alkyl halides is 3. The van der Waals surface area contributed by atoms with Gasteiger partial charge in [-0.1, -0.05) is 36.4 Å². The number of rotatable bonds is 5. The van der Waals surface area contributed by atoms with Crippen LogP contribution in [0.3, 0.4) is 0 Å². The van der Waals surface area contributed by atoms with Gasteiger partial charge in [0.05, 0.1) is 18.8 Å². The molecule has 2 atom stereocenters. The number of morpholine rings is 1. The predicted molar refractivity (Wildman–Crippen MR) is 108 cm³/mol. The van der Waals surface area contributed by atoms with E-state index in [9.17, 15) is 18.0 Å². The van der Waals surface area contributed by atoms with E-state index in [1.54, 1.807) is 18.0 Å². The summed E-state index contributed by atoms with van der Waals surface area (Å²) in [5.74, 6) is -0.866. The van der Waals surface area contributed by atoms with E-state index in [4.69, 9.17) is 4.74 Å². The van der Waals surface area contributed by atoms with Gasteiger partial charge >= 0.3 is 6.18 Å². The summed E-state index contributed by atoms with van der Waals surface area (Å²) in [6, 6.07) is 13.5. The molecule has 0 spiro atoms. The van der Waals surface area contributed by atoms with Crippen LogP contribution in [0.15, 0.2) is 48.5 Å². The van der Waals surface area contributed by atoms with Crippen molar-refractivity contribution >= 4 is 11.6 Å². The Morgan fingerprint density at radius 3 is 2.50 bits per heavy atom. The van der Waals surface area contributed by atoms with Crippen LogP contribution in [-0.4, -0.2) is 44.2 Å². The van der Waals surface area contributed by atoms with Crippen molar-refractivity contribution in [3.05, 3.63) is 65.2 Å². The molecule has 2 fully saturated rings. The van der Waals surface area contributed by atoms with Crippen LogP contribution in [-0.2, 0) is 22.3 Å². The van der Waals surface area contributed by atoms with Gasteiger partial charge in [0.25, 0.3) is 0 Å². The number of anilines is 1. The minimum atomic E-state index is -4.41. The van der Waals surface area contributed by atoms with Crippen LogP contribution < -0.4 is 4.90 Å². The molecule has 160 valence electrons. The van der Waals surface area contributed by atoms with E-state index in [0.717, 1.165) is 30.4 Å². The fraction of sp³-hybridized carbons (Fsp3) is 0.435. The van der Waals surface area contributed by atoms with E-state index in [1.165, 1.54) is 12.1 Å². The zero-order valence-corrected chi connectivity index (χ0v) is 16.9. The van der Waals surface area contributed by atoms with Gasteiger partial charge in [0.1, 0.15) is 0 Å². The lowest BCUT2D eigenvalue weighted by molar-refractivity contribution is -0.138. The highest BCUT2D eigenvalue weighted by Crippen LogP contribution is 2.51. The fourth-order valence-corrected chi connectivity index (χ4v) is 4.26. The Hall–Kier alpha value is -2.54. The minimum Gasteiger partial charge on any atom is -0.378 e. The Morgan fingerprint density at radius 1 is 1.10 bits per heavy atom. The largest absolute Gasteiger partial charge is 0.416 e. The average Bonchev–Trinajstić information content (AvgIpc) is 3.54. The number of ether oxygens (including phenoxy) is 1. The lowest BCUT2D eigenvalue weighted by Gasteiger charge is -2.31. The maximum Gasteiger partial charge on any atom is 0.416 e. The molecule has 1 aliphatic heterocycles. The average molecular weight is 418 g/mol. The summed E-state index contributed by atoms with van der Waals surface area (Å²) in [6.45, 7) is 3.37. The van der Waals surface area contributed by atoms with Gasteiger partial charge in [-0.3, -0.25) is 4.79 Å². The first kappa shape index (κ1) is 20.7. The van der Waals surface area contributed by atoms with Crippen LogP contribution in [0.5, 0.6) is 0 Å². The quantitative estimate of drug-likeness (QED) is 0.726. The number of carbonyl (C=O) groups is 1. The summed E-state index contributed by atoms with van der Waals surface area (Å²) in [6.07, 6.45) is -3.95. The van der Waals surface area contributed by atoms with Crippen molar-refractivity contribution in [2.75, 3.05) is 38.3 Å². The third-order valence-electron chi connectivity index (χ3n) is 5.90. The highest BCUT2D eigenvalue weighted by molar-refractivity contribution is 5.83. The molecule has 30 heavy (non-hydrogen) atoms. The van der Waals surface area contributed by atoms with Gasteiger partial charge < -0.3 is 14.5 Å². The molecule has 1 aliphatic carbocycles. The van der Waals surface area contributed by atoms with Crippen molar-refractivity contribution in [1.29, 1.82) is 0 Å². The number of benzene rings is 2. The third kappa shape index (κ3) is 4.31. The molecule has 2 aromatic carbocycles. The SMILES string of the molecule is CN(Cc1ccccc1N1CCOCC1)C(=O)C1CC1c1ccccc1C(F)(F)F. The molecule has 2 unspecified atom stereocenters. The van der Waals surface area contributed by atoms with Crippen molar-refractivity contribution < 1.29 is 22.7 Å². The highest BCUT2D eigenvalue weighted by Gasteiger charge is 2.48. The molecule has 0 radical (unpaired) electrons. The second-order valence-corrected chi connectivity index (χ2v) is 7.96. The zero-order chi connectivity index (χ0) is 21.3. The highest BCUT2D eigenvalue weighted by atomic mass is 19.4. The van der Waals surface area contributed by atoms with Crippen LogP contribution in [0.2, 0.25) is 0 Å². The first-order valence-electron chi connectivity index (χ1n) is 10.2. The summed E-state index contributed by atoms with van der Waals surface area (Å²) in [5, 5.41) is 0. The Bertz CT molecular complexity index is 909. The Balaban J connectivity index is 1.46. The second-order valence-electron chi connectivity index (χ2n) is 7.96. The number of hydrogen-bond donors (Lipinski definition) is 0.